The summed E-state index contributed by atoms with van der Waals surface area (Å²) in [7, 11) is 0. The Balaban J connectivity index is 1.16. The summed E-state index contributed by atoms with van der Waals surface area (Å²) in [5, 5.41) is 21.8. The van der Waals surface area contributed by atoms with Gasteiger partial charge >= 0.3 is 11.9 Å². The highest BCUT2D eigenvalue weighted by Gasteiger charge is 2.29. The Morgan fingerprint density at radius 3 is 1.88 bits per heavy atom. The number of likely N-dealkylation sites (tertiary alicyclic amines) is 1. The first-order chi connectivity index (χ1) is 16.3. The predicted molar refractivity (Wildman–Crippen MR) is 124 cm³/mol. The van der Waals surface area contributed by atoms with Gasteiger partial charge < -0.3 is 24.6 Å². The normalized spacial score (nSPS) is 20.0. The number of cyclic esters (lactones) is 2. The molecule has 1 unspecified atom stereocenters. The zero-order chi connectivity index (χ0) is 24.0. The third-order valence-corrected chi connectivity index (χ3v) is 7.83. The van der Waals surface area contributed by atoms with E-state index in [0.717, 1.165) is 59.3 Å². The number of hydrogen-bond donors (Lipinski definition) is 2. The molecule has 0 aromatic heterocycles. The molecule has 2 aromatic rings. The molecule has 1 fully saturated rings. The van der Waals surface area contributed by atoms with E-state index in [0.29, 0.717) is 30.0 Å². The molecule has 0 saturated carbocycles. The van der Waals surface area contributed by atoms with Gasteiger partial charge in [0, 0.05) is 17.7 Å². The van der Waals surface area contributed by atoms with Gasteiger partial charge in [0.05, 0.1) is 23.3 Å². The van der Waals surface area contributed by atoms with E-state index in [1.54, 1.807) is 12.1 Å². The summed E-state index contributed by atoms with van der Waals surface area (Å²) in [5.41, 5.74) is 6.60. The van der Waals surface area contributed by atoms with Crippen LogP contribution in [0.5, 0.6) is 0 Å². The second-order valence-electron chi connectivity index (χ2n) is 9.78. The van der Waals surface area contributed by atoms with Crippen molar-refractivity contribution < 1.29 is 29.3 Å². The fraction of sp³-hybridized carbons (Fsp3) is 0.481. The number of rotatable bonds is 6. The highest BCUT2D eigenvalue weighted by molar-refractivity contribution is 5.94. The quantitative estimate of drug-likeness (QED) is 0.630. The summed E-state index contributed by atoms with van der Waals surface area (Å²) >= 11 is 0. The van der Waals surface area contributed by atoms with E-state index >= 15 is 0 Å². The topological polar surface area (TPSA) is 96.3 Å². The smallest absolute Gasteiger partial charge is 0.338 e. The number of β-amino-alcohol motifs (C(OH)–C–C–N with tert-alkyl or cyclic N) is 1. The largest absolute Gasteiger partial charge is 0.457 e. The Morgan fingerprint density at radius 1 is 0.853 bits per heavy atom. The highest BCUT2D eigenvalue weighted by Crippen LogP contribution is 2.35. The Morgan fingerprint density at radius 2 is 1.35 bits per heavy atom. The number of nitrogens with zero attached hydrogens (tertiary/aromatic N) is 1. The lowest BCUT2D eigenvalue weighted by atomic mass is 9.86. The first-order valence-electron chi connectivity index (χ1n) is 12.0. The number of aliphatic hydroxyl groups excluding tert-OH is 2. The molecule has 7 heteroatoms. The molecule has 5 rings (SSSR count). The first-order valence-corrected chi connectivity index (χ1v) is 12.0. The summed E-state index contributed by atoms with van der Waals surface area (Å²) in [6, 6.07) is 7.22. The molecule has 3 aliphatic heterocycles. The Bertz CT molecular complexity index is 1040. The molecule has 3 aliphatic rings. The number of carbonyl (C=O) groups is 2. The monoisotopic (exact) mass is 465 g/mol. The van der Waals surface area contributed by atoms with Crippen molar-refractivity contribution in [1.29, 1.82) is 0 Å². The van der Waals surface area contributed by atoms with Gasteiger partial charge in [-0.05, 0) is 86.5 Å². The van der Waals surface area contributed by atoms with Gasteiger partial charge in [-0.3, -0.25) is 0 Å². The van der Waals surface area contributed by atoms with Gasteiger partial charge in [0.25, 0.3) is 0 Å². The lowest BCUT2D eigenvalue weighted by molar-refractivity contribution is 0.0525. The predicted octanol–water partition coefficient (Wildman–Crippen LogP) is 3.51. The van der Waals surface area contributed by atoms with Crippen molar-refractivity contribution in [2.75, 3.05) is 19.6 Å². The fourth-order valence-electron chi connectivity index (χ4n) is 5.65. The van der Waals surface area contributed by atoms with Gasteiger partial charge in [-0.25, -0.2) is 9.59 Å². The molecule has 34 heavy (non-hydrogen) atoms. The number of fused-ring (bicyclic) bond motifs is 2. The van der Waals surface area contributed by atoms with E-state index < -0.39 is 12.2 Å². The Kier molecular flexibility index (Phi) is 6.18. The van der Waals surface area contributed by atoms with E-state index in [2.05, 4.69) is 4.90 Å². The Labute approximate surface area is 199 Å². The minimum absolute atomic E-state index is 0.279. The number of carbonyl (C=O) groups excluding carboxylic acids is 2. The van der Waals surface area contributed by atoms with Crippen LogP contribution in [0.15, 0.2) is 24.3 Å². The summed E-state index contributed by atoms with van der Waals surface area (Å²) in [6.45, 7) is 6.73. The molecule has 2 atom stereocenters. The fourth-order valence-corrected chi connectivity index (χ4v) is 5.65. The maximum Gasteiger partial charge on any atom is 0.338 e. The van der Waals surface area contributed by atoms with Crippen LogP contribution in [0.25, 0.3) is 0 Å². The average Bonchev–Trinajstić information content (AvgIpc) is 3.39. The average molecular weight is 466 g/mol. The van der Waals surface area contributed by atoms with Crippen LogP contribution in [0.1, 0.15) is 85.6 Å². The Hall–Kier alpha value is -2.74. The third kappa shape index (κ3) is 4.13. The van der Waals surface area contributed by atoms with Gasteiger partial charge in [0.15, 0.2) is 0 Å². The molecule has 0 aliphatic carbocycles. The van der Waals surface area contributed by atoms with Crippen LogP contribution in [-0.4, -0.2) is 46.7 Å². The molecule has 2 aromatic carbocycles. The molecule has 3 heterocycles. The van der Waals surface area contributed by atoms with Crippen LogP contribution >= 0.6 is 0 Å². The van der Waals surface area contributed by atoms with Crippen LogP contribution in [0.3, 0.4) is 0 Å². The second-order valence-corrected chi connectivity index (χ2v) is 9.78. The number of piperidine rings is 1. The van der Waals surface area contributed by atoms with Crippen LogP contribution < -0.4 is 0 Å². The third-order valence-electron chi connectivity index (χ3n) is 7.83. The van der Waals surface area contributed by atoms with E-state index in [9.17, 15) is 19.8 Å². The van der Waals surface area contributed by atoms with Crippen molar-refractivity contribution >= 4 is 11.9 Å². The second kappa shape index (κ2) is 9.13. The molecule has 0 amide bonds. The maximum atomic E-state index is 11.8. The molecule has 0 radical (unpaired) electrons. The van der Waals surface area contributed by atoms with Gasteiger partial charge in [0.2, 0.25) is 0 Å². The number of esters is 2. The number of aliphatic hydroxyl groups is 2. The molecule has 0 bridgehead atoms. The van der Waals surface area contributed by atoms with Gasteiger partial charge in [-0.2, -0.15) is 0 Å². The zero-order valence-corrected chi connectivity index (χ0v) is 19.7. The van der Waals surface area contributed by atoms with Crippen LogP contribution in [0.2, 0.25) is 0 Å². The molecule has 180 valence electrons. The zero-order valence-electron chi connectivity index (χ0n) is 19.7. The van der Waals surface area contributed by atoms with E-state index in [1.165, 1.54) is 0 Å². The minimum Gasteiger partial charge on any atom is -0.457 e. The number of benzene rings is 2. The maximum absolute atomic E-state index is 11.8. The van der Waals surface area contributed by atoms with E-state index in [4.69, 9.17) is 9.47 Å². The van der Waals surface area contributed by atoms with Gasteiger partial charge in [-0.1, -0.05) is 12.1 Å². The molecule has 7 nitrogen and oxygen atoms in total. The SMILES string of the molecule is Cc1c(C(O)CC2CCN(C[C@H](O)c3ccc4c(c3C)COC4=O)CC2)ccc2c1COC2=O. The highest BCUT2D eigenvalue weighted by atomic mass is 16.5. The molecule has 1 saturated heterocycles. The van der Waals surface area contributed by atoms with Crippen LogP contribution in [0.4, 0.5) is 0 Å². The van der Waals surface area contributed by atoms with Crippen molar-refractivity contribution in [3.05, 3.63) is 68.8 Å². The van der Waals surface area contributed by atoms with Crippen molar-refractivity contribution in [3.63, 3.8) is 0 Å². The van der Waals surface area contributed by atoms with E-state index in [-0.39, 0.29) is 25.2 Å². The lowest BCUT2D eigenvalue weighted by Gasteiger charge is -2.34. The molecular formula is C27H31NO6. The summed E-state index contributed by atoms with van der Waals surface area (Å²) < 4.78 is 10.3. The van der Waals surface area contributed by atoms with Crippen molar-refractivity contribution in [2.24, 2.45) is 5.92 Å². The van der Waals surface area contributed by atoms with Gasteiger partial charge in [0.1, 0.15) is 13.2 Å². The summed E-state index contributed by atoms with van der Waals surface area (Å²) in [5.74, 6) is -0.176. The van der Waals surface area contributed by atoms with Crippen molar-refractivity contribution in [3.8, 4) is 0 Å². The standard InChI is InChI=1S/C27H31NO6/c1-15-18(3-5-20-22(15)13-33-26(20)31)24(29)11-17-7-9-28(10-8-17)12-25(30)19-4-6-21-23(16(19)2)14-34-27(21)32/h3-6,17,24-25,29-30H,7-14H2,1-2H3/t24?,25-/m0/s1. The molecule has 2 N–H and O–H groups in total. The van der Waals surface area contributed by atoms with Crippen LogP contribution in [-0.2, 0) is 22.7 Å². The molecule has 0 spiro atoms. The number of ether oxygens (including phenoxy) is 2. The lowest BCUT2D eigenvalue weighted by Crippen LogP contribution is -2.37. The van der Waals surface area contributed by atoms with Gasteiger partial charge in [-0.15, -0.1) is 0 Å². The van der Waals surface area contributed by atoms with Crippen LogP contribution in [0, 0.1) is 19.8 Å². The van der Waals surface area contributed by atoms with E-state index in [1.807, 2.05) is 26.0 Å². The van der Waals surface area contributed by atoms with Crippen molar-refractivity contribution in [1.82, 2.24) is 4.90 Å². The molecular weight excluding hydrogens is 434 g/mol. The first kappa shape index (κ1) is 23.0. The van der Waals surface area contributed by atoms with Crippen molar-refractivity contribution in [2.45, 2.75) is 58.5 Å². The number of hydrogen-bond acceptors (Lipinski definition) is 7. The summed E-state index contributed by atoms with van der Waals surface area (Å²) in [6.07, 6.45) is 1.41. The minimum atomic E-state index is -0.623. The summed E-state index contributed by atoms with van der Waals surface area (Å²) in [4.78, 5) is 25.8.